The van der Waals surface area contributed by atoms with Crippen molar-refractivity contribution >= 4 is 22.8 Å². The molecule has 0 saturated carbocycles. The van der Waals surface area contributed by atoms with Gasteiger partial charge in [0.15, 0.2) is 0 Å². The zero-order valence-electron chi connectivity index (χ0n) is 15.1. The zero-order chi connectivity index (χ0) is 18.4. The molecule has 1 aromatic heterocycles. The van der Waals surface area contributed by atoms with Crippen molar-refractivity contribution in [2.24, 2.45) is 5.92 Å². The van der Waals surface area contributed by atoms with Crippen molar-refractivity contribution in [3.63, 3.8) is 0 Å². The Balaban J connectivity index is 1.41. The van der Waals surface area contributed by atoms with Gasteiger partial charge >= 0.3 is 0 Å². The summed E-state index contributed by atoms with van der Waals surface area (Å²) in [4.78, 5) is 16.0. The fourth-order valence-corrected chi connectivity index (χ4v) is 4.01. The van der Waals surface area contributed by atoms with Crippen LogP contribution in [-0.2, 0) is 11.3 Å². The predicted molar refractivity (Wildman–Crippen MR) is 105 cm³/mol. The molecule has 26 heavy (non-hydrogen) atoms. The van der Waals surface area contributed by atoms with Crippen molar-refractivity contribution in [1.29, 1.82) is 0 Å². The molecule has 0 radical (unpaired) electrons. The van der Waals surface area contributed by atoms with Gasteiger partial charge in [0.2, 0.25) is 5.91 Å². The Bertz CT molecular complexity index is 732. The second kappa shape index (κ2) is 9.10. The van der Waals surface area contributed by atoms with Crippen molar-refractivity contribution in [1.82, 2.24) is 10.2 Å². The number of likely N-dealkylation sites (tertiary alicyclic amines) is 1. The summed E-state index contributed by atoms with van der Waals surface area (Å²) in [7, 11) is 0. The van der Waals surface area contributed by atoms with Crippen molar-refractivity contribution in [3.05, 3.63) is 64.1 Å². The van der Waals surface area contributed by atoms with Gasteiger partial charge in [-0.25, -0.2) is 4.39 Å². The fraction of sp³-hybridized carbons (Fsp3) is 0.381. The number of hydrogen-bond acceptors (Lipinski definition) is 3. The van der Waals surface area contributed by atoms with E-state index in [1.54, 1.807) is 18.2 Å². The van der Waals surface area contributed by atoms with E-state index in [2.05, 4.69) is 27.7 Å². The smallest absolute Gasteiger partial charge is 0.244 e. The van der Waals surface area contributed by atoms with Crippen LogP contribution in [0.5, 0.6) is 0 Å². The lowest BCUT2D eigenvalue weighted by Crippen LogP contribution is -2.37. The van der Waals surface area contributed by atoms with Gasteiger partial charge in [-0.05, 0) is 73.5 Å². The number of allylic oxidation sites excluding steroid dienone is 1. The number of thiophene rings is 1. The highest BCUT2D eigenvalue weighted by Crippen LogP contribution is 2.20. The molecule has 2 heterocycles. The van der Waals surface area contributed by atoms with Crippen LogP contribution >= 0.6 is 11.3 Å². The van der Waals surface area contributed by atoms with Crippen molar-refractivity contribution in [2.75, 3.05) is 19.6 Å². The van der Waals surface area contributed by atoms with Crippen LogP contribution in [0.4, 0.5) is 4.39 Å². The Hall–Kier alpha value is -1.98. The minimum atomic E-state index is -0.267. The third-order valence-corrected chi connectivity index (χ3v) is 5.74. The largest absolute Gasteiger partial charge is 0.352 e. The molecule has 1 aliphatic heterocycles. The van der Waals surface area contributed by atoms with Crippen molar-refractivity contribution in [3.8, 4) is 0 Å². The summed E-state index contributed by atoms with van der Waals surface area (Å²) >= 11 is 1.81. The molecule has 0 unspecified atom stereocenters. The van der Waals surface area contributed by atoms with E-state index >= 15 is 0 Å². The van der Waals surface area contributed by atoms with Crippen LogP contribution in [0.25, 0.3) is 5.57 Å². The highest BCUT2D eigenvalue weighted by molar-refractivity contribution is 7.09. The molecule has 0 bridgehead atoms. The number of benzene rings is 1. The minimum absolute atomic E-state index is 0.0761. The first-order valence-corrected chi connectivity index (χ1v) is 9.95. The Kier molecular flexibility index (Phi) is 6.58. The number of piperidine rings is 1. The highest BCUT2D eigenvalue weighted by Gasteiger charge is 2.19. The van der Waals surface area contributed by atoms with Gasteiger partial charge in [0.25, 0.3) is 0 Å². The number of hydrogen-bond donors (Lipinski definition) is 1. The molecule has 5 heteroatoms. The van der Waals surface area contributed by atoms with Gasteiger partial charge in [-0.1, -0.05) is 18.2 Å². The number of carbonyl (C=O) groups is 1. The van der Waals surface area contributed by atoms with Gasteiger partial charge in [-0.3, -0.25) is 9.69 Å². The normalized spacial score (nSPS) is 16.6. The van der Waals surface area contributed by atoms with Gasteiger partial charge < -0.3 is 5.32 Å². The molecule has 1 aromatic carbocycles. The average molecular weight is 373 g/mol. The van der Waals surface area contributed by atoms with Gasteiger partial charge in [-0.2, -0.15) is 0 Å². The summed E-state index contributed by atoms with van der Waals surface area (Å²) in [6.45, 7) is 5.80. The molecule has 3 rings (SSSR count). The lowest BCUT2D eigenvalue weighted by atomic mass is 9.96. The van der Waals surface area contributed by atoms with Crippen molar-refractivity contribution in [2.45, 2.75) is 26.3 Å². The van der Waals surface area contributed by atoms with E-state index in [1.807, 2.05) is 18.3 Å². The van der Waals surface area contributed by atoms with E-state index in [0.717, 1.165) is 50.2 Å². The van der Waals surface area contributed by atoms with Crippen LogP contribution in [0.15, 0.2) is 47.9 Å². The van der Waals surface area contributed by atoms with Gasteiger partial charge in [0, 0.05) is 24.0 Å². The Morgan fingerprint density at radius 2 is 2.00 bits per heavy atom. The topological polar surface area (TPSA) is 32.3 Å². The molecule has 0 spiro atoms. The molecule has 3 nitrogen and oxygen atoms in total. The Morgan fingerprint density at radius 1 is 1.27 bits per heavy atom. The van der Waals surface area contributed by atoms with E-state index < -0.39 is 0 Å². The zero-order valence-corrected chi connectivity index (χ0v) is 15.9. The number of amides is 1. The van der Waals surface area contributed by atoms with Crippen LogP contribution < -0.4 is 5.32 Å². The van der Waals surface area contributed by atoms with E-state index in [0.29, 0.717) is 5.92 Å². The number of nitrogens with zero attached hydrogens (tertiary/aromatic N) is 1. The monoisotopic (exact) mass is 372 g/mol. The SMILES string of the molecule is C/C(=C\C(=O)NCC1CCN(Cc2cccs2)CC1)c1ccc(F)cc1. The molecule has 1 N–H and O–H groups in total. The molecule has 0 aliphatic carbocycles. The Morgan fingerprint density at radius 3 is 2.65 bits per heavy atom. The summed E-state index contributed by atoms with van der Waals surface area (Å²) in [6.07, 6.45) is 3.83. The maximum Gasteiger partial charge on any atom is 0.244 e. The molecule has 138 valence electrons. The summed E-state index contributed by atoms with van der Waals surface area (Å²) in [5.74, 6) is 0.197. The van der Waals surface area contributed by atoms with Crippen molar-refractivity contribution < 1.29 is 9.18 Å². The summed E-state index contributed by atoms with van der Waals surface area (Å²) in [5, 5.41) is 5.14. The fourth-order valence-electron chi connectivity index (χ4n) is 3.26. The molecule has 1 amide bonds. The van der Waals surface area contributed by atoms with Gasteiger partial charge in [0.05, 0.1) is 0 Å². The molecular formula is C21H25FN2OS. The molecule has 0 atom stereocenters. The van der Waals surface area contributed by atoms with Crippen LogP contribution in [0.2, 0.25) is 0 Å². The molecule has 2 aromatic rings. The minimum Gasteiger partial charge on any atom is -0.352 e. The average Bonchev–Trinajstić information content (AvgIpc) is 3.15. The standard InChI is InChI=1S/C21H25FN2OS/c1-16(18-4-6-19(22)7-5-18)13-21(25)23-14-17-8-10-24(11-9-17)15-20-3-2-12-26-20/h2-7,12-13,17H,8-11,14-15H2,1H3,(H,23,25)/b16-13+. The second-order valence-corrected chi connectivity index (χ2v) is 7.91. The van der Waals surface area contributed by atoms with Crippen LogP contribution in [0, 0.1) is 11.7 Å². The lowest BCUT2D eigenvalue weighted by Gasteiger charge is -2.31. The van der Waals surface area contributed by atoms with Crippen LogP contribution in [0.1, 0.15) is 30.2 Å². The molecule has 1 saturated heterocycles. The van der Waals surface area contributed by atoms with Gasteiger partial charge in [0.1, 0.15) is 5.82 Å². The first-order chi connectivity index (χ1) is 12.6. The molecular weight excluding hydrogens is 347 g/mol. The van der Waals surface area contributed by atoms with E-state index in [4.69, 9.17) is 0 Å². The number of rotatable bonds is 6. The maximum atomic E-state index is 13.0. The van der Waals surface area contributed by atoms with Gasteiger partial charge in [-0.15, -0.1) is 11.3 Å². The number of carbonyl (C=O) groups excluding carboxylic acids is 1. The summed E-state index contributed by atoms with van der Waals surface area (Å²) < 4.78 is 13.0. The van der Waals surface area contributed by atoms with E-state index in [1.165, 1.54) is 17.0 Å². The first-order valence-electron chi connectivity index (χ1n) is 9.07. The van der Waals surface area contributed by atoms with E-state index in [9.17, 15) is 9.18 Å². The summed E-state index contributed by atoms with van der Waals surface area (Å²) in [5.41, 5.74) is 1.71. The molecule has 1 aliphatic rings. The lowest BCUT2D eigenvalue weighted by molar-refractivity contribution is -0.116. The van der Waals surface area contributed by atoms with E-state index in [-0.39, 0.29) is 11.7 Å². The third-order valence-electron chi connectivity index (χ3n) is 4.88. The summed E-state index contributed by atoms with van der Waals surface area (Å²) in [6, 6.07) is 10.5. The number of halogens is 1. The first kappa shape index (κ1) is 18.8. The Labute approximate surface area is 158 Å². The quantitative estimate of drug-likeness (QED) is 0.766. The molecule has 1 fully saturated rings. The maximum absolute atomic E-state index is 13.0. The van der Waals surface area contributed by atoms with Crippen LogP contribution in [-0.4, -0.2) is 30.4 Å². The predicted octanol–water partition coefficient (Wildman–Crippen LogP) is 4.32. The second-order valence-electron chi connectivity index (χ2n) is 6.88. The highest BCUT2D eigenvalue weighted by atomic mass is 32.1. The number of nitrogens with one attached hydrogen (secondary N) is 1. The third kappa shape index (κ3) is 5.51. The van der Waals surface area contributed by atoms with Crippen LogP contribution in [0.3, 0.4) is 0 Å².